The zero-order valence-corrected chi connectivity index (χ0v) is 17.7. The molecule has 1 aromatic carbocycles. The molecule has 5 nitrogen and oxygen atoms in total. The van der Waals surface area contributed by atoms with Crippen LogP contribution in [0.1, 0.15) is 57.2 Å². The van der Waals surface area contributed by atoms with Crippen LogP contribution in [-0.4, -0.2) is 20.4 Å². The average molecular weight is 424 g/mol. The lowest BCUT2D eigenvalue weighted by Crippen LogP contribution is -2.28. The van der Waals surface area contributed by atoms with Crippen LogP contribution in [0.2, 0.25) is 0 Å². The third kappa shape index (κ3) is 3.82. The number of halogens is 2. The predicted molar refractivity (Wildman–Crippen MR) is 115 cm³/mol. The van der Waals surface area contributed by atoms with E-state index in [1.807, 2.05) is 23.6 Å². The number of imidazole rings is 1. The van der Waals surface area contributed by atoms with Crippen LogP contribution >= 0.6 is 0 Å². The van der Waals surface area contributed by atoms with E-state index in [1.54, 1.807) is 12.5 Å². The van der Waals surface area contributed by atoms with Gasteiger partial charge >= 0.3 is 0 Å². The molecule has 0 radical (unpaired) electrons. The van der Waals surface area contributed by atoms with Gasteiger partial charge in [0.1, 0.15) is 0 Å². The van der Waals surface area contributed by atoms with Crippen LogP contribution in [-0.2, 0) is 4.79 Å². The summed E-state index contributed by atoms with van der Waals surface area (Å²) in [7, 11) is 0. The van der Waals surface area contributed by atoms with Crippen LogP contribution in [0.15, 0.2) is 36.8 Å². The molecule has 4 atom stereocenters. The summed E-state index contributed by atoms with van der Waals surface area (Å²) in [5.74, 6) is -0.847. The van der Waals surface area contributed by atoms with Crippen molar-refractivity contribution in [2.45, 2.75) is 51.5 Å². The van der Waals surface area contributed by atoms with Crippen molar-refractivity contribution in [3.05, 3.63) is 54.1 Å². The van der Waals surface area contributed by atoms with Crippen LogP contribution in [0.4, 0.5) is 14.5 Å². The van der Waals surface area contributed by atoms with E-state index in [-0.39, 0.29) is 23.8 Å². The number of nitrogens with zero attached hydrogens (tertiary/aromatic N) is 3. The van der Waals surface area contributed by atoms with Crippen LogP contribution < -0.4 is 5.32 Å². The van der Waals surface area contributed by atoms with Crippen molar-refractivity contribution in [2.75, 3.05) is 5.32 Å². The second-order valence-corrected chi connectivity index (χ2v) is 9.20. The van der Waals surface area contributed by atoms with Crippen molar-refractivity contribution in [3.8, 4) is 0 Å². The molecule has 0 aliphatic heterocycles. The maximum absolute atomic E-state index is 13.8. The van der Waals surface area contributed by atoms with E-state index < -0.39 is 11.6 Å². The molecule has 31 heavy (non-hydrogen) atoms. The van der Waals surface area contributed by atoms with Gasteiger partial charge < -0.3 is 9.88 Å². The SMILES string of the molecule is CC1CC(n2cnc3cc(F)c(F)cc32)CC1C(C)C(=O)Nc1ccc(C2CC2)nc1. The van der Waals surface area contributed by atoms with Gasteiger partial charge in [-0.05, 0) is 49.7 Å². The Balaban J connectivity index is 1.28. The first-order chi connectivity index (χ1) is 14.9. The first kappa shape index (κ1) is 20.1. The van der Waals surface area contributed by atoms with Crippen molar-refractivity contribution in [2.24, 2.45) is 17.8 Å². The van der Waals surface area contributed by atoms with Crippen molar-refractivity contribution in [1.29, 1.82) is 0 Å². The Bertz CT molecular complexity index is 1120. The number of carbonyl (C=O) groups is 1. The first-order valence-corrected chi connectivity index (χ1v) is 11.0. The van der Waals surface area contributed by atoms with E-state index in [1.165, 1.54) is 18.9 Å². The Morgan fingerprint density at radius 2 is 1.94 bits per heavy atom. The average Bonchev–Trinajstić information content (AvgIpc) is 3.42. The van der Waals surface area contributed by atoms with Gasteiger partial charge in [-0.1, -0.05) is 13.8 Å². The third-order valence-electron chi connectivity index (χ3n) is 7.03. The molecule has 3 aromatic rings. The smallest absolute Gasteiger partial charge is 0.227 e. The van der Waals surface area contributed by atoms with Gasteiger partial charge in [-0.15, -0.1) is 0 Å². The number of hydrogen-bond acceptors (Lipinski definition) is 3. The molecule has 4 unspecified atom stereocenters. The molecule has 0 bridgehead atoms. The van der Waals surface area contributed by atoms with Gasteiger partial charge in [0.25, 0.3) is 0 Å². The predicted octanol–water partition coefficient (Wildman–Crippen LogP) is 5.45. The Hall–Kier alpha value is -2.83. The lowest BCUT2D eigenvalue weighted by atomic mass is 9.85. The number of pyridine rings is 1. The molecule has 1 N–H and O–H groups in total. The van der Waals surface area contributed by atoms with Gasteiger partial charge in [-0.2, -0.15) is 0 Å². The first-order valence-electron chi connectivity index (χ1n) is 11.0. The fourth-order valence-corrected chi connectivity index (χ4v) is 5.03. The van der Waals surface area contributed by atoms with Crippen LogP contribution in [0.3, 0.4) is 0 Å². The Morgan fingerprint density at radius 1 is 1.16 bits per heavy atom. The fraction of sp³-hybridized carbons (Fsp3) is 0.458. The van der Waals surface area contributed by atoms with Gasteiger partial charge in [0.15, 0.2) is 11.6 Å². The summed E-state index contributed by atoms with van der Waals surface area (Å²) in [6.45, 7) is 4.12. The van der Waals surface area contributed by atoms with E-state index in [0.29, 0.717) is 22.9 Å². The summed E-state index contributed by atoms with van der Waals surface area (Å²) in [5.41, 5.74) is 2.86. The minimum Gasteiger partial charge on any atom is -0.327 e. The highest BCUT2D eigenvalue weighted by molar-refractivity contribution is 5.92. The third-order valence-corrected chi connectivity index (χ3v) is 7.03. The number of carbonyl (C=O) groups excluding carboxylic acids is 1. The Morgan fingerprint density at radius 3 is 2.65 bits per heavy atom. The Kier molecular flexibility index (Phi) is 4.99. The molecule has 2 aliphatic carbocycles. The fourth-order valence-electron chi connectivity index (χ4n) is 5.03. The van der Waals surface area contributed by atoms with E-state index in [4.69, 9.17) is 0 Å². The summed E-state index contributed by atoms with van der Waals surface area (Å²) >= 11 is 0. The van der Waals surface area contributed by atoms with Crippen molar-refractivity contribution >= 4 is 22.6 Å². The molecular formula is C24H26F2N4O. The number of amides is 1. The standard InChI is InChI=1S/C24H26F2N4O/c1-13-7-17(30-12-28-22-9-19(25)20(26)10-23(22)30)8-18(13)14(2)24(31)29-16-5-6-21(27-11-16)15-3-4-15/h5-6,9-15,17-18H,3-4,7-8H2,1-2H3,(H,29,31). The van der Waals surface area contributed by atoms with E-state index in [9.17, 15) is 13.6 Å². The van der Waals surface area contributed by atoms with Gasteiger partial charge in [0, 0.05) is 35.7 Å². The zero-order valence-electron chi connectivity index (χ0n) is 17.7. The summed E-state index contributed by atoms with van der Waals surface area (Å²) in [4.78, 5) is 21.6. The zero-order chi connectivity index (χ0) is 21.7. The highest BCUT2D eigenvalue weighted by Crippen LogP contribution is 2.44. The van der Waals surface area contributed by atoms with Gasteiger partial charge in [-0.3, -0.25) is 9.78 Å². The van der Waals surface area contributed by atoms with E-state index >= 15 is 0 Å². The highest BCUT2D eigenvalue weighted by atomic mass is 19.2. The summed E-state index contributed by atoms with van der Waals surface area (Å²) in [6.07, 6.45) is 7.45. The van der Waals surface area contributed by atoms with Gasteiger partial charge in [0.05, 0.1) is 29.2 Å². The molecule has 0 saturated heterocycles. The summed E-state index contributed by atoms with van der Waals surface area (Å²) in [6, 6.07) is 6.37. The van der Waals surface area contributed by atoms with Crippen LogP contribution in [0.25, 0.3) is 11.0 Å². The molecule has 2 heterocycles. The number of anilines is 1. The number of aromatic nitrogens is 3. The van der Waals surface area contributed by atoms with Crippen molar-refractivity contribution in [1.82, 2.24) is 14.5 Å². The second kappa shape index (κ2) is 7.70. The number of benzene rings is 1. The molecule has 2 fully saturated rings. The van der Waals surface area contributed by atoms with Gasteiger partial charge in [-0.25, -0.2) is 13.8 Å². The molecule has 5 rings (SSSR count). The second-order valence-electron chi connectivity index (χ2n) is 9.20. The normalized spacial score (nSPS) is 24.5. The molecule has 162 valence electrons. The van der Waals surface area contributed by atoms with Crippen molar-refractivity contribution in [3.63, 3.8) is 0 Å². The maximum Gasteiger partial charge on any atom is 0.227 e. The molecule has 2 aliphatic rings. The van der Waals surface area contributed by atoms with Crippen molar-refractivity contribution < 1.29 is 13.6 Å². The monoisotopic (exact) mass is 424 g/mol. The van der Waals surface area contributed by atoms with Crippen LogP contribution in [0, 0.1) is 29.4 Å². The number of hydrogen-bond donors (Lipinski definition) is 1. The molecule has 2 saturated carbocycles. The highest BCUT2D eigenvalue weighted by Gasteiger charge is 2.38. The number of fused-ring (bicyclic) bond motifs is 1. The molecule has 1 amide bonds. The van der Waals surface area contributed by atoms with E-state index in [0.717, 1.165) is 30.3 Å². The lowest BCUT2D eigenvalue weighted by Gasteiger charge is -2.22. The van der Waals surface area contributed by atoms with Crippen LogP contribution in [0.5, 0.6) is 0 Å². The largest absolute Gasteiger partial charge is 0.327 e. The topological polar surface area (TPSA) is 59.8 Å². The summed E-state index contributed by atoms with van der Waals surface area (Å²) < 4.78 is 29.2. The minimum atomic E-state index is -0.889. The Labute approximate surface area is 179 Å². The number of rotatable bonds is 5. The van der Waals surface area contributed by atoms with E-state index in [2.05, 4.69) is 22.2 Å². The molecule has 0 spiro atoms. The minimum absolute atomic E-state index is 0.0120. The summed E-state index contributed by atoms with van der Waals surface area (Å²) in [5, 5.41) is 3.01. The quantitative estimate of drug-likeness (QED) is 0.593. The molecule has 7 heteroatoms. The van der Waals surface area contributed by atoms with Gasteiger partial charge in [0.2, 0.25) is 5.91 Å². The maximum atomic E-state index is 13.8. The molecule has 2 aromatic heterocycles. The molecular weight excluding hydrogens is 398 g/mol. The number of nitrogens with one attached hydrogen (secondary N) is 1. The lowest BCUT2D eigenvalue weighted by molar-refractivity contribution is -0.121.